The number of hydrogen-bond donors (Lipinski definition) is 3. The van der Waals surface area contributed by atoms with Gasteiger partial charge in [-0.2, -0.15) is 0 Å². The van der Waals surface area contributed by atoms with Crippen LogP contribution in [-0.4, -0.2) is 68.2 Å². The molecular weight excluding hydrogens is 504 g/mol. The lowest BCUT2D eigenvalue weighted by molar-refractivity contribution is -0.133. The van der Waals surface area contributed by atoms with Crippen LogP contribution in [0.15, 0.2) is 89.8 Å². The summed E-state index contributed by atoms with van der Waals surface area (Å²) >= 11 is 0. The molecule has 0 bridgehead atoms. The normalized spacial score (nSPS) is 16.9. The standard InChI is InChI=1S/C28H24N4O7/c1-16-22(27(35)36)23(17-5-4-6-18(13-17)31-10-9-29-15-31)24(28(37)38)21(30-16)14-39-12-11-32-25(33)19-7-2-3-8-20(19)26(32)34/h2-10,13,15,23,30H,11-12,14H2,1H3,(H,35,36)(H,37,38). The lowest BCUT2D eigenvalue weighted by Crippen LogP contribution is -2.35. The van der Waals surface area contributed by atoms with Gasteiger partial charge in [-0.3, -0.25) is 14.5 Å². The first-order valence-corrected chi connectivity index (χ1v) is 12.1. The Morgan fingerprint density at radius 3 is 2.31 bits per heavy atom. The molecule has 2 amide bonds. The van der Waals surface area contributed by atoms with Gasteiger partial charge in [0.05, 0.1) is 60.0 Å². The maximum absolute atomic E-state index is 12.6. The lowest BCUT2D eigenvalue weighted by Gasteiger charge is -2.30. The van der Waals surface area contributed by atoms with E-state index < -0.39 is 29.7 Å². The van der Waals surface area contributed by atoms with Crippen LogP contribution in [0.5, 0.6) is 0 Å². The van der Waals surface area contributed by atoms with Crippen molar-refractivity contribution in [3.05, 3.63) is 106 Å². The first-order chi connectivity index (χ1) is 18.8. The van der Waals surface area contributed by atoms with E-state index in [0.717, 1.165) is 4.90 Å². The molecule has 1 aromatic heterocycles. The average Bonchev–Trinajstić information content (AvgIpc) is 3.54. The van der Waals surface area contributed by atoms with E-state index in [1.54, 1.807) is 78.7 Å². The van der Waals surface area contributed by atoms with Crippen molar-refractivity contribution >= 4 is 23.8 Å². The van der Waals surface area contributed by atoms with Crippen molar-refractivity contribution in [3.8, 4) is 5.69 Å². The van der Waals surface area contributed by atoms with E-state index in [4.69, 9.17) is 4.74 Å². The van der Waals surface area contributed by atoms with Gasteiger partial charge in [-0.05, 0) is 36.8 Å². The molecule has 11 heteroatoms. The highest BCUT2D eigenvalue weighted by molar-refractivity contribution is 6.21. The molecule has 198 valence electrons. The number of ether oxygens (including phenoxy) is 1. The third kappa shape index (κ3) is 4.71. The summed E-state index contributed by atoms with van der Waals surface area (Å²) in [5.74, 6) is -4.46. The zero-order valence-corrected chi connectivity index (χ0v) is 20.8. The molecule has 0 saturated carbocycles. The fourth-order valence-corrected chi connectivity index (χ4v) is 4.93. The van der Waals surface area contributed by atoms with Crippen LogP contribution in [0.3, 0.4) is 0 Å². The zero-order valence-electron chi connectivity index (χ0n) is 20.8. The first kappa shape index (κ1) is 25.6. The number of imide groups is 1. The Kier molecular flexibility index (Phi) is 6.82. The monoisotopic (exact) mass is 528 g/mol. The molecule has 5 rings (SSSR count). The van der Waals surface area contributed by atoms with Crippen molar-refractivity contribution in [2.45, 2.75) is 12.8 Å². The van der Waals surface area contributed by atoms with Crippen LogP contribution in [0.25, 0.3) is 5.69 Å². The van der Waals surface area contributed by atoms with Crippen LogP contribution in [0.2, 0.25) is 0 Å². The number of amides is 2. The van der Waals surface area contributed by atoms with Crippen LogP contribution in [0.4, 0.5) is 0 Å². The summed E-state index contributed by atoms with van der Waals surface area (Å²) < 4.78 is 7.44. The lowest BCUT2D eigenvalue weighted by atomic mass is 9.80. The van der Waals surface area contributed by atoms with Gasteiger partial charge in [0.1, 0.15) is 0 Å². The SMILES string of the molecule is CC1=C(C(=O)O)C(c2cccc(-n3ccnc3)c2)C(C(=O)O)=C(COCCN2C(=O)c3ccccc3C2=O)N1. The summed E-state index contributed by atoms with van der Waals surface area (Å²) in [6, 6.07) is 13.5. The molecule has 3 aromatic rings. The predicted molar refractivity (Wildman–Crippen MR) is 137 cm³/mol. The van der Waals surface area contributed by atoms with Crippen LogP contribution >= 0.6 is 0 Å². The number of fused-ring (bicyclic) bond motifs is 1. The summed E-state index contributed by atoms with van der Waals surface area (Å²) in [5, 5.41) is 23.1. The number of aliphatic carboxylic acids is 2. The maximum atomic E-state index is 12.6. The predicted octanol–water partition coefficient (Wildman–Crippen LogP) is 2.57. The average molecular weight is 529 g/mol. The molecule has 0 saturated heterocycles. The molecule has 1 atom stereocenters. The van der Waals surface area contributed by atoms with Gasteiger partial charge in [0.2, 0.25) is 0 Å². The number of nitrogens with zero attached hydrogens (tertiary/aromatic N) is 3. The van der Waals surface area contributed by atoms with E-state index in [9.17, 15) is 29.4 Å². The number of benzene rings is 2. The summed E-state index contributed by atoms with van der Waals surface area (Å²) in [7, 11) is 0. The highest BCUT2D eigenvalue weighted by atomic mass is 16.5. The summed E-state index contributed by atoms with van der Waals surface area (Å²) in [5.41, 5.74) is 2.03. The minimum atomic E-state index is -1.30. The molecule has 2 aliphatic rings. The molecule has 0 fully saturated rings. The molecule has 0 aliphatic carbocycles. The number of aromatic nitrogens is 2. The number of carboxylic acid groups (broad SMARTS) is 2. The van der Waals surface area contributed by atoms with Gasteiger partial charge in [0.15, 0.2) is 0 Å². The Hall–Kier alpha value is -5.03. The Morgan fingerprint density at radius 2 is 1.69 bits per heavy atom. The summed E-state index contributed by atoms with van der Waals surface area (Å²) in [6.07, 6.45) is 4.91. The first-order valence-electron chi connectivity index (χ1n) is 12.1. The minimum Gasteiger partial charge on any atom is -0.478 e. The van der Waals surface area contributed by atoms with E-state index in [0.29, 0.717) is 22.4 Å². The van der Waals surface area contributed by atoms with Crippen molar-refractivity contribution in [3.63, 3.8) is 0 Å². The molecule has 1 unspecified atom stereocenters. The van der Waals surface area contributed by atoms with Crippen molar-refractivity contribution in [2.24, 2.45) is 0 Å². The zero-order chi connectivity index (χ0) is 27.7. The molecule has 3 N–H and O–H groups in total. The number of rotatable bonds is 9. The van der Waals surface area contributed by atoms with Crippen molar-refractivity contribution in [1.82, 2.24) is 19.8 Å². The molecular formula is C28H24N4O7. The number of nitrogens with one attached hydrogen (secondary N) is 1. The fourth-order valence-electron chi connectivity index (χ4n) is 4.93. The number of allylic oxidation sites excluding steroid dienone is 1. The molecule has 2 aromatic carbocycles. The minimum absolute atomic E-state index is 0.0202. The number of hydrogen-bond acceptors (Lipinski definition) is 7. The van der Waals surface area contributed by atoms with E-state index in [-0.39, 0.29) is 42.3 Å². The van der Waals surface area contributed by atoms with Gasteiger partial charge in [-0.25, -0.2) is 14.6 Å². The third-order valence-electron chi connectivity index (χ3n) is 6.70. The molecule has 0 radical (unpaired) electrons. The van der Waals surface area contributed by atoms with E-state index in [1.165, 1.54) is 0 Å². The Bertz CT molecular complexity index is 1520. The summed E-state index contributed by atoms with van der Waals surface area (Å²) in [6.45, 7) is 1.30. The molecule has 2 aliphatic heterocycles. The van der Waals surface area contributed by atoms with Crippen molar-refractivity contribution < 1.29 is 34.1 Å². The second kappa shape index (κ2) is 10.4. The van der Waals surface area contributed by atoms with Crippen LogP contribution in [0.1, 0.15) is 39.1 Å². The highest BCUT2D eigenvalue weighted by Gasteiger charge is 2.38. The molecule has 39 heavy (non-hydrogen) atoms. The number of carbonyl (C=O) groups excluding carboxylic acids is 2. The Balaban J connectivity index is 1.39. The van der Waals surface area contributed by atoms with Crippen molar-refractivity contribution in [1.29, 1.82) is 0 Å². The topological polar surface area (TPSA) is 151 Å². The number of imidazole rings is 1. The van der Waals surface area contributed by atoms with Gasteiger partial charge in [-0.1, -0.05) is 24.3 Å². The van der Waals surface area contributed by atoms with E-state index in [2.05, 4.69) is 10.3 Å². The molecule has 11 nitrogen and oxygen atoms in total. The van der Waals surface area contributed by atoms with Crippen LogP contribution < -0.4 is 5.32 Å². The largest absolute Gasteiger partial charge is 0.478 e. The number of carboxylic acids is 2. The van der Waals surface area contributed by atoms with Gasteiger partial charge in [0.25, 0.3) is 11.8 Å². The van der Waals surface area contributed by atoms with Gasteiger partial charge >= 0.3 is 11.9 Å². The molecule has 0 spiro atoms. The van der Waals surface area contributed by atoms with Crippen LogP contribution in [0, 0.1) is 0 Å². The number of dihydropyridines is 1. The van der Waals surface area contributed by atoms with E-state index >= 15 is 0 Å². The summed E-state index contributed by atoms with van der Waals surface area (Å²) in [4.78, 5) is 55.1. The second-order valence-electron chi connectivity index (χ2n) is 9.02. The smallest absolute Gasteiger partial charge is 0.334 e. The van der Waals surface area contributed by atoms with Gasteiger partial charge in [-0.15, -0.1) is 0 Å². The molecule has 3 heterocycles. The third-order valence-corrected chi connectivity index (χ3v) is 6.70. The quantitative estimate of drug-likeness (QED) is 0.281. The highest BCUT2D eigenvalue weighted by Crippen LogP contribution is 2.39. The van der Waals surface area contributed by atoms with Gasteiger partial charge < -0.3 is 24.8 Å². The van der Waals surface area contributed by atoms with Crippen molar-refractivity contribution in [2.75, 3.05) is 19.8 Å². The Morgan fingerprint density at radius 1 is 1.00 bits per heavy atom. The van der Waals surface area contributed by atoms with E-state index in [1.807, 2.05) is 0 Å². The second-order valence-corrected chi connectivity index (χ2v) is 9.02. The fraction of sp³-hybridized carbons (Fsp3) is 0.179. The Labute approximate surface area is 222 Å². The maximum Gasteiger partial charge on any atom is 0.334 e. The van der Waals surface area contributed by atoms with Gasteiger partial charge in [0, 0.05) is 23.8 Å². The van der Waals surface area contributed by atoms with Crippen LogP contribution in [-0.2, 0) is 14.3 Å². The number of carbonyl (C=O) groups is 4.